The van der Waals surface area contributed by atoms with Crippen molar-refractivity contribution in [3.63, 3.8) is 0 Å². The molecule has 106 valence electrons. The zero-order valence-corrected chi connectivity index (χ0v) is 11.4. The molecule has 6 heteroatoms. The summed E-state index contributed by atoms with van der Waals surface area (Å²) in [5.74, 6) is 0.389. The monoisotopic (exact) mass is 266 g/mol. The van der Waals surface area contributed by atoms with Crippen LogP contribution < -0.4 is 11.1 Å². The van der Waals surface area contributed by atoms with Crippen LogP contribution in [0.15, 0.2) is 10.7 Å². The molecule has 19 heavy (non-hydrogen) atoms. The lowest BCUT2D eigenvalue weighted by Gasteiger charge is -2.18. The highest BCUT2D eigenvalue weighted by molar-refractivity contribution is 5.92. The summed E-state index contributed by atoms with van der Waals surface area (Å²) in [6.07, 6.45) is 4.16. The van der Waals surface area contributed by atoms with Gasteiger partial charge in [-0.2, -0.15) is 0 Å². The maximum Gasteiger partial charge on any atom is 0.275 e. The fourth-order valence-electron chi connectivity index (χ4n) is 2.20. The Bertz CT molecular complexity index is 411. The molecule has 6 nitrogen and oxygen atoms in total. The van der Waals surface area contributed by atoms with Crippen molar-refractivity contribution in [2.75, 3.05) is 26.2 Å². The van der Waals surface area contributed by atoms with Crippen LogP contribution in [0.25, 0.3) is 0 Å². The number of carbonyl (C=O) groups excluding carboxylic acids is 1. The predicted octanol–water partition coefficient (Wildman–Crippen LogP) is 0.910. The average molecular weight is 266 g/mol. The Morgan fingerprint density at radius 3 is 3.21 bits per heavy atom. The number of aromatic nitrogens is 1. The van der Waals surface area contributed by atoms with E-state index in [0.29, 0.717) is 18.1 Å². The molecule has 1 aliphatic rings. The quantitative estimate of drug-likeness (QED) is 0.846. The first kappa shape index (κ1) is 14.0. The van der Waals surface area contributed by atoms with Crippen molar-refractivity contribution in [1.82, 2.24) is 15.2 Å². The first-order chi connectivity index (χ1) is 9.22. The van der Waals surface area contributed by atoms with Gasteiger partial charge in [0.15, 0.2) is 5.69 Å². The summed E-state index contributed by atoms with van der Waals surface area (Å²) in [4.78, 5) is 18.3. The summed E-state index contributed by atoms with van der Waals surface area (Å²) in [6.45, 7) is 5.30. The van der Waals surface area contributed by atoms with Crippen LogP contribution in [0.2, 0.25) is 0 Å². The molecule has 1 atom stereocenters. The van der Waals surface area contributed by atoms with Crippen molar-refractivity contribution in [3.05, 3.63) is 17.8 Å². The summed E-state index contributed by atoms with van der Waals surface area (Å²) in [5.41, 5.74) is 6.30. The van der Waals surface area contributed by atoms with E-state index in [2.05, 4.69) is 17.2 Å². The molecule has 1 aliphatic heterocycles. The number of nitrogens with zero attached hydrogens (tertiary/aromatic N) is 2. The molecule has 1 fully saturated rings. The van der Waals surface area contributed by atoms with Crippen LogP contribution in [0.4, 0.5) is 0 Å². The second kappa shape index (κ2) is 6.68. The molecule has 0 radical (unpaired) electrons. The molecule has 2 rings (SSSR count). The highest BCUT2D eigenvalue weighted by Crippen LogP contribution is 2.16. The summed E-state index contributed by atoms with van der Waals surface area (Å²) in [7, 11) is 0. The SMILES string of the molecule is CCCC(N)c1nc(C(=O)N2CCCNCC2)co1. The molecule has 1 aromatic rings. The van der Waals surface area contributed by atoms with Crippen LogP contribution in [0.3, 0.4) is 0 Å². The van der Waals surface area contributed by atoms with Gasteiger partial charge < -0.3 is 20.4 Å². The minimum atomic E-state index is -0.225. The lowest BCUT2D eigenvalue weighted by Crippen LogP contribution is -2.34. The molecule has 0 aromatic carbocycles. The molecule has 1 saturated heterocycles. The minimum Gasteiger partial charge on any atom is -0.446 e. The normalized spacial score (nSPS) is 18.1. The van der Waals surface area contributed by atoms with E-state index in [1.807, 2.05) is 4.90 Å². The van der Waals surface area contributed by atoms with E-state index >= 15 is 0 Å². The molecule has 0 saturated carbocycles. The van der Waals surface area contributed by atoms with E-state index in [0.717, 1.165) is 38.9 Å². The molecule has 1 amide bonds. The number of hydrogen-bond donors (Lipinski definition) is 2. The zero-order chi connectivity index (χ0) is 13.7. The third kappa shape index (κ3) is 3.54. The van der Waals surface area contributed by atoms with Crippen molar-refractivity contribution in [2.24, 2.45) is 5.73 Å². The minimum absolute atomic E-state index is 0.0672. The number of hydrogen-bond acceptors (Lipinski definition) is 5. The summed E-state index contributed by atoms with van der Waals surface area (Å²) >= 11 is 0. The van der Waals surface area contributed by atoms with Crippen LogP contribution in [-0.2, 0) is 0 Å². The summed E-state index contributed by atoms with van der Waals surface area (Å²) < 4.78 is 5.32. The van der Waals surface area contributed by atoms with Gasteiger partial charge in [0.1, 0.15) is 6.26 Å². The fraction of sp³-hybridized carbons (Fsp3) is 0.692. The first-order valence-electron chi connectivity index (χ1n) is 6.93. The molecule has 0 spiro atoms. The molecular weight excluding hydrogens is 244 g/mol. The van der Waals surface area contributed by atoms with Gasteiger partial charge in [-0.3, -0.25) is 4.79 Å². The highest BCUT2D eigenvalue weighted by atomic mass is 16.3. The van der Waals surface area contributed by atoms with Gasteiger partial charge >= 0.3 is 0 Å². The largest absolute Gasteiger partial charge is 0.446 e. The second-order valence-corrected chi connectivity index (χ2v) is 4.86. The Morgan fingerprint density at radius 1 is 1.58 bits per heavy atom. The van der Waals surface area contributed by atoms with E-state index in [4.69, 9.17) is 10.2 Å². The Labute approximate surface area is 113 Å². The number of rotatable bonds is 4. The van der Waals surface area contributed by atoms with Gasteiger partial charge in [0.05, 0.1) is 6.04 Å². The van der Waals surface area contributed by atoms with Crippen molar-refractivity contribution < 1.29 is 9.21 Å². The maximum atomic E-state index is 12.3. The Hall–Kier alpha value is -1.40. The number of amides is 1. The number of carbonyl (C=O) groups is 1. The van der Waals surface area contributed by atoms with E-state index in [1.165, 1.54) is 6.26 Å². The van der Waals surface area contributed by atoms with Crippen molar-refractivity contribution in [1.29, 1.82) is 0 Å². The lowest BCUT2D eigenvalue weighted by atomic mass is 10.2. The van der Waals surface area contributed by atoms with E-state index in [9.17, 15) is 4.79 Å². The number of nitrogens with one attached hydrogen (secondary N) is 1. The smallest absolute Gasteiger partial charge is 0.275 e. The second-order valence-electron chi connectivity index (χ2n) is 4.86. The molecule has 1 aromatic heterocycles. The summed E-state index contributed by atoms with van der Waals surface area (Å²) in [5, 5.41) is 3.27. The van der Waals surface area contributed by atoms with Gasteiger partial charge in [0, 0.05) is 19.6 Å². The third-order valence-electron chi connectivity index (χ3n) is 3.29. The number of nitrogens with two attached hydrogens (primary N) is 1. The summed E-state index contributed by atoms with van der Waals surface area (Å²) in [6, 6.07) is -0.225. The van der Waals surface area contributed by atoms with Gasteiger partial charge in [-0.1, -0.05) is 13.3 Å². The van der Waals surface area contributed by atoms with E-state index in [-0.39, 0.29) is 11.9 Å². The standard InChI is InChI=1S/C13H22N4O2/c1-2-4-10(14)12-16-11(9-19-12)13(18)17-7-3-5-15-6-8-17/h9-10,15H,2-8,14H2,1H3. The van der Waals surface area contributed by atoms with Gasteiger partial charge in [0.2, 0.25) is 5.89 Å². The van der Waals surface area contributed by atoms with Crippen LogP contribution in [-0.4, -0.2) is 42.0 Å². The Morgan fingerprint density at radius 2 is 2.42 bits per heavy atom. The average Bonchev–Trinajstić information content (AvgIpc) is 2.74. The van der Waals surface area contributed by atoms with Crippen LogP contribution in [0.5, 0.6) is 0 Å². The van der Waals surface area contributed by atoms with Gasteiger partial charge in [-0.15, -0.1) is 0 Å². The lowest BCUT2D eigenvalue weighted by molar-refractivity contribution is 0.0760. The zero-order valence-electron chi connectivity index (χ0n) is 11.4. The molecular formula is C13H22N4O2. The van der Waals surface area contributed by atoms with E-state index in [1.54, 1.807) is 0 Å². The van der Waals surface area contributed by atoms with Crippen LogP contribution in [0.1, 0.15) is 48.6 Å². The molecule has 0 aliphatic carbocycles. The van der Waals surface area contributed by atoms with Crippen molar-refractivity contribution >= 4 is 5.91 Å². The van der Waals surface area contributed by atoms with Gasteiger partial charge in [-0.05, 0) is 19.4 Å². The van der Waals surface area contributed by atoms with Gasteiger partial charge in [-0.25, -0.2) is 4.98 Å². The fourth-order valence-corrected chi connectivity index (χ4v) is 2.20. The molecule has 0 bridgehead atoms. The maximum absolute atomic E-state index is 12.3. The molecule has 3 N–H and O–H groups in total. The van der Waals surface area contributed by atoms with E-state index < -0.39 is 0 Å². The molecule has 1 unspecified atom stereocenters. The van der Waals surface area contributed by atoms with Crippen LogP contribution >= 0.6 is 0 Å². The van der Waals surface area contributed by atoms with Crippen LogP contribution in [0, 0.1) is 0 Å². The topological polar surface area (TPSA) is 84.4 Å². The first-order valence-corrected chi connectivity index (χ1v) is 6.93. The van der Waals surface area contributed by atoms with Crippen molar-refractivity contribution in [3.8, 4) is 0 Å². The number of oxazole rings is 1. The third-order valence-corrected chi connectivity index (χ3v) is 3.29. The predicted molar refractivity (Wildman–Crippen MR) is 71.7 cm³/mol. The van der Waals surface area contributed by atoms with Gasteiger partial charge in [0.25, 0.3) is 5.91 Å². The Balaban J connectivity index is 2.02. The van der Waals surface area contributed by atoms with Crippen molar-refractivity contribution in [2.45, 2.75) is 32.2 Å². The highest BCUT2D eigenvalue weighted by Gasteiger charge is 2.22. The molecule has 2 heterocycles. The Kier molecular flexibility index (Phi) is 4.93.